The number of benzene rings is 3. The number of nitrogens with zero attached hydrogens (tertiary/aromatic N) is 1. The van der Waals surface area contributed by atoms with E-state index in [1.54, 1.807) is 24.3 Å². The van der Waals surface area contributed by atoms with E-state index >= 15 is 8.78 Å². The molecule has 1 aromatic heterocycles. The zero-order valence-electron chi connectivity index (χ0n) is 19.7. The average Bonchev–Trinajstić information content (AvgIpc) is 2.92. The second-order valence-electron chi connectivity index (χ2n) is 8.27. The Morgan fingerprint density at radius 2 is 1.74 bits per heavy atom. The summed E-state index contributed by atoms with van der Waals surface area (Å²) < 4.78 is 45.4. The van der Waals surface area contributed by atoms with Crippen LogP contribution in [0.15, 0.2) is 77.6 Å². The normalized spacial score (nSPS) is 11.6. The molecular weight excluding hydrogens is 501 g/mol. The summed E-state index contributed by atoms with van der Waals surface area (Å²) in [5, 5.41) is 16.6. The van der Waals surface area contributed by atoms with E-state index in [1.165, 1.54) is 35.8 Å². The van der Waals surface area contributed by atoms with Crippen LogP contribution in [0, 0.1) is 5.82 Å². The fourth-order valence-electron chi connectivity index (χ4n) is 3.81. The largest absolute Gasteiger partial charge is 0.352 e. The number of nitrogens with one attached hydrogen (secondary N) is 3. The van der Waals surface area contributed by atoms with Crippen LogP contribution in [-0.2, 0) is 17.1 Å². The van der Waals surface area contributed by atoms with Gasteiger partial charge in [-0.15, -0.1) is 0 Å². The minimum atomic E-state index is -3.74. The second kappa shape index (κ2) is 11.1. The molecule has 38 heavy (non-hydrogen) atoms. The molecule has 194 valence electrons. The van der Waals surface area contributed by atoms with Crippen LogP contribution in [0.1, 0.15) is 32.7 Å². The fraction of sp³-hybridized carbons (Fsp3) is 0.111. The first-order chi connectivity index (χ1) is 18.2. The summed E-state index contributed by atoms with van der Waals surface area (Å²) in [7, 11) is 0. The molecular formula is C27H21F3N4O4. The molecule has 0 radical (unpaired) electrons. The maximum absolute atomic E-state index is 15.5. The van der Waals surface area contributed by atoms with Crippen molar-refractivity contribution in [1.82, 2.24) is 21.0 Å². The summed E-state index contributed by atoms with van der Waals surface area (Å²) in [6, 6.07) is 15.1. The highest BCUT2D eigenvalue weighted by molar-refractivity contribution is 5.95. The summed E-state index contributed by atoms with van der Waals surface area (Å²) in [6.07, 6.45) is 3.02. The number of hydroxylamine groups is 1. The summed E-state index contributed by atoms with van der Waals surface area (Å²) in [5.74, 6) is -6.24. The van der Waals surface area contributed by atoms with Gasteiger partial charge in [0, 0.05) is 23.6 Å². The van der Waals surface area contributed by atoms with Crippen molar-refractivity contribution in [2.24, 2.45) is 0 Å². The Morgan fingerprint density at radius 3 is 2.45 bits per heavy atom. The van der Waals surface area contributed by atoms with Crippen molar-refractivity contribution in [2.45, 2.75) is 12.3 Å². The van der Waals surface area contributed by atoms with Gasteiger partial charge in [-0.05, 0) is 47.9 Å². The number of aromatic nitrogens is 2. The van der Waals surface area contributed by atoms with Crippen molar-refractivity contribution in [1.29, 1.82) is 0 Å². The number of hydrogen-bond acceptors (Lipinski definition) is 5. The van der Waals surface area contributed by atoms with Crippen LogP contribution >= 0.6 is 0 Å². The molecule has 1 heterocycles. The van der Waals surface area contributed by atoms with Crippen LogP contribution in [0.5, 0.6) is 0 Å². The van der Waals surface area contributed by atoms with Crippen molar-refractivity contribution < 1.29 is 28.0 Å². The lowest BCUT2D eigenvalue weighted by Crippen LogP contribution is -2.28. The number of amides is 2. The Bertz CT molecular complexity index is 1580. The highest BCUT2D eigenvalue weighted by atomic mass is 19.3. The predicted octanol–water partition coefficient (Wildman–Crippen LogP) is 3.69. The Balaban J connectivity index is 1.48. The molecule has 0 saturated heterocycles. The molecule has 4 N–H and O–H groups in total. The number of carbonyl (C=O) groups excluding carboxylic acids is 2. The van der Waals surface area contributed by atoms with Gasteiger partial charge in [0.05, 0.1) is 10.9 Å². The lowest BCUT2D eigenvalue weighted by Gasteiger charge is -2.18. The van der Waals surface area contributed by atoms with E-state index in [0.29, 0.717) is 12.0 Å². The topological polar surface area (TPSA) is 124 Å². The Morgan fingerprint density at radius 1 is 1.03 bits per heavy atom. The van der Waals surface area contributed by atoms with E-state index in [4.69, 9.17) is 5.21 Å². The molecule has 0 unspecified atom stereocenters. The van der Waals surface area contributed by atoms with E-state index < -0.39 is 45.9 Å². The van der Waals surface area contributed by atoms with Gasteiger partial charge in [0.15, 0.2) is 0 Å². The molecule has 0 aliphatic heterocycles. The number of fused-ring (bicyclic) bond motifs is 1. The molecule has 11 heteroatoms. The van der Waals surface area contributed by atoms with Crippen LogP contribution in [0.4, 0.5) is 13.2 Å². The smallest absolute Gasteiger partial charge is 0.317 e. The lowest BCUT2D eigenvalue weighted by molar-refractivity contribution is -0.124. The van der Waals surface area contributed by atoms with Crippen molar-refractivity contribution in [2.75, 3.05) is 6.54 Å². The summed E-state index contributed by atoms with van der Waals surface area (Å²) >= 11 is 0. The zero-order chi connectivity index (χ0) is 27.3. The fourth-order valence-corrected chi connectivity index (χ4v) is 3.81. The molecule has 0 aliphatic carbocycles. The molecule has 0 atom stereocenters. The number of halogens is 3. The van der Waals surface area contributed by atoms with Crippen molar-refractivity contribution in [3.05, 3.63) is 117 Å². The van der Waals surface area contributed by atoms with Gasteiger partial charge in [-0.3, -0.25) is 19.6 Å². The quantitative estimate of drug-likeness (QED) is 0.160. The first-order valence-electron chi connectivity index (χ1n) is 11.4. The van der Waals surface area contributed by atoms with E-state index in [1.807, 2.05) is 0 Å². The highest BCUT2D eigenvalue weighted by Crippen LogP contribution is 2.37. The van der Waals surface area contributed by atoms with Crippen molar-refractivity contribution in [3.63, 3.8) is 0 Å². The van der Waals surface area contributed by atoms with Crippen molar-refractivity contribution in [3.8, 4) is 0 Å². The van der Waals surface area contributed by atoms with E-state index in [2.05, 4.69) is 15.5 Å². The monoisotopic (exact) mass is 522 g/mol. The molecule has 0 aliphatic rings. The van der Waals surface area contributed by atoms with Crippen LogP contribution in [0.2, 0.25) is 0 Å². The minimum Gasteiger partial charge on any atom is -0.352 e. The van der Waals surface area contributed by atoms with Crippen molar-refractivity contribution >= 4 is 28.7 Å². The molecule has 4 aromatic rings. The third-order valence-electron chi connectivity index (χ3n) is 5.78. The van der Waals surface area contributed by atoms with Gasteiger partial charge < -0.3 is 5.32 Å². The van der Waals surface area contributed by atoms with Gasteiger partial charge in [-0.2, -0.15) is 13.9 Å². The predicted molar refractivity (Wildman–Crippen MR) is 133 cm³/mol. The number of rotatable bonds is 8. The second-order valence-corrected chi connectivity index (χ2v) is 8.27. The van der Waals surface area contributed by atoms with E-state index in [9.17, 15) is 18.8 Å². The van der Waals surface area contributed by atoms with Crippen LogP contribution in [0.25, 0.3) is 16.8 Å². The zero-order valence-corrected chi connectivity index (χ0v) is 19.7. The Kier molecular flexibility index (Phi) is 7.68. The van der Waals surface area contributed by atoms with Gasteiger partial charge in [0.1, 0.15) is 11.5 Å². The van der Waals surface area contributed by atoms with Gasteiger partial charge in [-0.1, -0.05) is 42.5 Å². The molecule has 2 amide bonds. The highest BCUT2D eigenvalue weighted by Gasteiger charge is 2.39. The molecule has 0 spiro atoms. The van der Waals surface area contributed by atoms with Gasteiger partial charge >= 0.3 is 5.92 Å². The van der Waals surface area contributed by atoms with Gasteiger partial charge in [0.2, 0.25) is 0 Å². The summed E-state index contributed by atoms with van der Waals surface area (Å²) in [5.41, 5.74) is 0.442. The molecule has 0 saturated carbocycles. The van der Waals surface area contributed by atoms with Gasteiger partial charge in [0.25, 0.3) is 17.4 Å². The Hall–Kier alpha value is -4.77. The SMILES string of the molecule is O=C(/C=C/c1ccc(CCNC(=O)c2cc(C(F)(F)c3n[nH]c(=O)c4ccccc34)ccc2F)cc1)NO. The Labute approximate surface area is 213 Å². The third-order valence-corrected chi connectivity index (χ3v) is 5.78. The summed E-state index contributed by atoms with van der Waals surface area (Å²) in [4.78, 5) is 35.6. The van der Waals surface area contributed by atoms with Crippen LogP contribution < -0.4 is 16.4 Å². The van der Waals surface area contributed by atoms with Crippen LogP contribution in [0.3, 0.4) is 0 Å². The molecule has 0 bridgehead atoms. The first kappa shape index (κ1) is 26.3. The molecule has 8 nitrogen and oxygen atoms in total. The number of H-pyrrole nitrogens is 1. The lowest BCUT2D eigenvalue weighted by atomic mass is 9.98. The minimum absolute atomic E-state index is 0.0250. The number of alkyl halides is 2. The maximum Gasteiger partial charge on any atom is 0.317 e. The van der Waals surface area contributed by atoms with E-state index in [0.717, 1.165) is 29.8 Å². The number of carbonyl (C=O) groups is 2. The van der Waals surface area contributed by atoms with Crippen LogP contribution in [-0.4, -0.2) is 33.8 Å². The number of hydrogen-bond donors (Lipinski definition) is 4. The first-order valence-corrected chi connectivity index (χ1v) is 11.4. The van der Waals surface area contributed by atoms with Gasteiger partial charge in [-0.25, -0.2) is 15.0 Å². The maximum atomic E-state index is 15.5. The molecule has 4 rings (SSSR count). The number of aromatic amines is 1. The standard InChI is InChI=1S/C27H21F3N4O4/c28-22-11-10-18(27(29,30)24-19-3-1-2-4-20(19)26(37)33-32-24)15-21(22)25(36)31-14-13-17-7-5-16(6-8-17)9-12-23(35)34-38/h1-12,15,38H,13-14H2,(H,31,36)(H,33,37)(H,34,35)/b12-9+. The van der Waals surface area contributed by atoms with E-state index in [-0.39, 0.29) is 17.3 Å². The molecule has 3 aromatic carbocycles. The summed E-state index contributed by atoms with van der Waals surface area (Å²) in [6.45, 7) is 0.104. The third kappa shape index (κ3) is 5.62. The molecule has 0 fully saturated rings. The average molecular weight is 522 g/mol.